The lowest BCUT2D eigenvalue weighted by molar-refractivity contribution is -0.134. The van der Waals surface area contributed by atoms with E-state index >= 15 is 0 Å². The average Bonchev–Trinajstić information content (AvgIpc) is 3.50. The Morgan fingerprint density at radius 3 is 2.79 bits per heavy atom. The summed E-state index contributed by atoms with van der Waals surface area (Å²) in [5.41, 5.74) is 2.48. The smallest absolute Gasteiger partial charge is 0.241 e. The van der Waals surface area contributed by atoms with E-state index in [4.69, 9.17) is 0 Å². The summed E-state index contributed by atoms with van der Waals surface area (Å²) in [6, 6.07) is 9.80. The molecular weight excluding hydrogens is 448 g/mol. The van der Waals surface area contributed by atoms with Crippen LogP contribution in [0.1, 0.15) is 55.8 Å². The largest absolute Gasteiger partial charge is 0.341 e. The van der Waals surface area contributed by atoms with E-state index < -0.39 is 16.1 Å². The van der Waals surface area contributed by atoms with Crippen molar-refractivity contribution in [3.05, 3.63) is 59.4 Å². The minimum atomic E-state index is -3.89. The van der Waals surface area contributed by atoms with Gasteiger partial charge in [-0.1, -0.05) is 38.0 Å². The van der Waals surface area contributed by atoms with Gasteiger partial charge in [0.05, 0.1) is 4.90 Å². The number of aromatic nitrogens is 1. The highest BCUT2D eigenvalue weighted by Crippen LogP contribution is 2.25. The summed E-state index contributed by atoms with van der Waals surface area (Å²) in [5, 5.41) is 9.30. The standard InChI is InChI=1S/C26H32N4O3S/c1-2-5-20-11-15-30(16-12-20)26(31)25(13-17-29-14-4-8-23(29)19-27)28-34(32,33)24-10-9-21-6-3-7-22(21)18-24/h3-4,6,8-10,14,18,20,25,28H,2,5,7,11-13,15-17H2,1H3. The monoisotopic (exact) mass is 480 g/mol. The Labute approximate surface area is 202 Å². The second kappa shape index (κ2) is 10.6. The molecule has 0 radical (unpaired) electrons. The van der Waals surface area contributed by atoms with Crippen molar-refractivity contribution >= 4 is 22.0 Å². The van der Waals surface area contributed by atoms with Crippen LogP contribution in [0.3, 0.4) is 0 Å². The van der Waals surface area contributed by atoms with E-state index in [1.807, 2.05) is 18.2 Å². The van der Waals surface area contributed by atoms with Crippen molar-refractivity contribution in [1.29, 1.82) is 5.26 Å². The molecule has 1 aliphatic carbocycles. The van der Waals surface area contributed by atoms with E-state index in [0.29, 0.717) is 37.7 Å². The van der Waals surface area contributed by atoms with Gasteiger partial charge >= 0.3 is 0 Å². The number of aryl methyl sites for hydroxylation is 1. The number of amides is 1. The molecule has 0 spiro atoms. The highest BCUT2D eigenvalue weighted by atomic mass is 32.2. The normalized spacial score (nSPS) is 16.9. The fourth-order valence-corrected chi connectivity index (χ4v) is 6.21. The van der Waals surface area contributed by atoms with Crippen molar-refractivity contribution < 1.29 is 13.2 Å². The lowest BCUT2D eigenvalue weighted by atomic mass is 9.92. The highest BCUT2D eigenvalue weighted by Gasteiger charge is 2.31. The maximum Gasteiger partial charge on any atom is 0.241 e. The van der Waals surface area contributed by atoms with Gasteiger partial charge in [-0.05, 0) is 67.0 Å². The van der Waals surface area contributed by atoms with Crippen LogP contribution in [0.4, 0.5) is 0 Å². The molecule has 1 aliphatic heterocycles. The third kappa shape index (κ3) is 5.43. The molecule has 1 amide bonds. The van der Waals surface area contributed by atoms with Crippen LogP contribution in [0.2, 0.25) is 0 Å². The van der Waals surface area contributed by atoms with Crippen LogP contribution in [-0.2, 0) is 27.8 Å². The Morgan fingerprint density at radius 2 is 2.06 bits per heavy atom. The first-order chi connectivity index (χ1) is 16.4. The Morgan fingerprint density at radius 1 is 1.26 bits per heavy atom. The zero-order valence-corrected chi connectivity index (χ0v) is 20.4. The van der Waals surface area contributed by atoms with E-state index in [-0.39, 0.29) is 17.2 Å². The maximum absolute atomic E-state index is 13.5. The number of piperidine rings is 1. The molecule has 1 N–H and O–H groups in total. The number of carbonyl (C=O) groups excluding carboxylic acids is 1. The van der Waals surface area contributed by atoms with Gasteiger partial charge in [0.15, 0.2) is 0 Å². The minimum absolute atomic E-state index is 0.174. The van der Waals surface area contributed by atoms with Crippen LogP contribution in [0.15, 0.2) is 47.5 Å². The van der Waals surface area contributed by atoms with Crippen LogP contribution < -0.4 is 4.72 Å². The maximum atomic E-state index is 13.5. The zero-order chi connectivity index (χ0) is 24.1. The summed E-state index contributed by atoms with van der Waals surface area (Å²) >= 11 is 0. The van der Waals surface area contributed by atoms with Gasteiger partial charge in [0, 0.05) is 25.8 Å². The number of nitriles is 1. The molecule has 1 unspecified atom stereocenters. The van der Waals surface area contributed by atoms with E-state index in [9.17, 15) is 18.5 Å². The van der Waals surface area contributed by atoms with Crippen molar-refractivity contribution in [2.24, 2.45) is 5.92 Å². The van der Waals surface area contributed by atoms with Crippen LogP contribution in [0.5, 0.6) is 0 Å². The average molecular weight is 481 g/mol. The Balaban J connectivity index is 1.52. The molecule has 1 fully saturated rings. The van der Waals surface area contributed by atoms with Gasteiger partial charge in [0.25, 0.3) is 0 Å². The molecule has 0 bridgehead atoms. The lowest BCUT2D eigenvalue weighted by Gasteiger charge is -2.34. The predicted molar refractivity (Wildman–Crippen MR) is 131 cm³/mol. The Kier molecular flexibility index (Phi) is 7.54. The molecular formula is C26H32N4O3S. The van der Waals surface area contributed by atoms with E-state index in [0.717, 1.165) is 36.8 Å². The quantitative estimate of drug-likeness (QED) is 0.592. The molecule has 1 aromatic carbocycles. The van der Waals surface area contributed by atoms with Crippen molar-refractivity contribution in [2.75, 3.05) is 13.1 Å². The lowest BCUT2D eigenvalue weighted by Crippen LogP contribution is -2.51. The number of hydrogen-bond donors (Lipinski definition) is 1. The van der Waals surface area contributed by atoms with Gasteiger partial charge < -0.3 is 9.47 Å². The number of carbonyl (C=O) groups is 1. The fourth-order valence-electron chi connectivity index (χ4n) is 4.94. The topological polar surface area (TPSA) is 95.2 Å². The SMILES string of the molecule is CCCC1CCN(C(=O)C(CCn2cccc2C#N)NS(=O)(=O)c2ccc3c(c2)CC=C3)CC1. The van der Waals surface area contributed by atoms with Gasteiger partial charge in [0.1, 0.15) is 17.8 Å². The van der Waals surface area contributed by atoms with Gasteiger partial charge in [0.2, 0.25) is 15.9 Å². The predicted octanol–water partition coefficient (Wildman–Crippen LogP) is 3.70. The zero-order valence-electron chi connectivity index (χ0n) is 19.6. The van der Waals surface area contributed by atoms with E-state index in [1.165, 1.54) is 0 Å². The number of nitrogens with one attached hydrogen (secondary N) is 1. The van der Waals surface area contributed by atoms with Crippen LogP contribution in [-0.4, -0.2) is 42.9 Å². The van der Waals surface area contributed by atoms with Crippen molar-refractivity contribution in [3.63, 3.8) is 0 Å². The molecule has 2 aromatic rings. The summed E-state index contributed by atoms with van der Waals surface area (Å²) < 4.78 is 31.0. The van der Waals surface area contributed by atoms with E-state index in [1.54, 1.807) is 39.9 Å². The number of rotatable bonds is 9. The summed E-state index contributed by atoms with van der Waals surface area (Å²) in [6.07, 6.45) is 10.9. The number of sulfonamides is 1. The molecule has 1 saturated heterocycles. The summed E-state index contributed by atoms with van der Waals surface area (Å²) in [4.78, 5) is 15.5. The highest BCUT2D eigenvalue weighted by molar-refractivity contribution is 7.89. The molecule has 1 aromatic heterocycles. The molecule has 180 valence electrons. The number of benzene rings is 1. The van der Waals surface area contributed by atoms with Crippen molar-refractivity contribution in [2.45, 2.75) is 62.9 Å². The fraction of sp³-hybridized carbons (Fsp3) is 0.462. The minimum Gasteiger partial charge on any atom is -0.341 e. The second-order valence-electron chi connectivity index (χ2n) is 9.19. The first-order valence-electron chi connectivity index (χ1n) is 12.1. The molecule has 2 heterocycles. The third-order valence-corrected chi connectivity index (χ3v) is 8.35. The number of fused-ring (bicyclic) bond motifs is 1. The van der Waals surface area contributed by atoms with Gasteiger partial charge in [-0.25, -0.2) is 8.42 Å². The van der Waals surface area contributed by atoms with Crippen molar-refractivity contribution in [1.82, 2.24) is 14.2 Å². The van der Waals surface area contributed by atoms with Crippen LogP contribution in [0.25, 0.3) is 6.08 Å². The Hall–Kier alpha value is -2.89. The number of nitrogens with zero attached hydrogens (tertiary/aromatic N) is 3. The first-order valence-corrected chi connectivity index (χ1v) is 13.6. The van der Waals surface area contributed by atoms with Crippen LogP contribution in [0, 0.1) is 17.2 Å². The number of hydrogen-bond acceptors (Lipinski definition) is 4. The first kappa shape index (κ1) is 24.2. The van der Waals surface area contributed by atoms with Gasteiger partial charge in [-0.3, -0.25) is 4.79 Å². The second-order valence-corrected chi connectivity index (χ2v) is 10.9. The molecule has 0 saturated carbocycles. The molecule has 34 heavy (non-hydrogen) atoms. The third-order valence-electron chi connectivity index (χ3n) is 6.88. The molecule has 2 aliphatic rings. The summed E-state index contributed by atoms with van der Waals surface area (Å²) in [6.45, 7) is 3.85. The summed E-state index contributed by atoms with van der Waals surface area (Å²) in [5.74, 6) is 0.439. The van der Waals surface area contributed by atoms with Gasteiger partial charge in [-0.15, -0.1) is 0 Å². The molecule has 4 rings (SSSR count). The number of likely N-dealkylation sites (tertiary alicyclic amines) is 1. The summed E-state index contributed by atoms with van der Waals surface area (Å²) in [7, 11) is -3.89. The van der Waals surface area contributed by atoms with Crippen LogP contribution >= 0.6 is 0 Å². The van der Waals surface area contributed by atoms with E-state index in [2.05, 4.69) is 17.7 Å². The molecule has 1 atom stereocenters. The van der Waals surface area contributed by atoms with Crippen molar-refractivity contribution in [3.8, 4) is 6.07 Å². The number of allylic oxidation sites excluding steroid dienone is 1. The Bertz CT molecular complexity index is 1200. The molecule has 7 nitrogen and oxygen atoms in total. The molecule has 8 heteroatoms. The van der Waals surface area contributed by atoms with Gasteiger partial charge in [-0.2, -0.15) is 9.98 Å².